The van der Waals surface area contributed by atoms with Crippen LogP contribution < -0.4 is 11.3 Å². The average Bonchev–Trinajstić information content (AvgIpc) is 3.00. The van der Waals surface area contributed by atoms with Crippen molar-refractivity contribution in [3.05, 3.63) is 50.6 Å². The van der Waals surface area contributed by atoms with Crippen molar-refractivity contribution in [2.24, 2.45) is 11.7 Å². The number of hydrogen-bond donors (Lipinski definition) is 1. The molecule has 28 heavy (non-hydrogen) atoms. The van der Waals surface area contributed by atoms with Crippen LogP contribution in [0.1, 0.15) is 42.2 Å². The summed E-state index contributed by atoms with van der Waals surface area (Å²) in [6.07, 6.45) is 3.87. The lowest BCUT2D eigenvalue weighted by Crippen LogP contribution is -2.25. The van der Waals surface area contributed by atoms with Gasteiger partial charge in [-0.2, -0.15) is 0 Å². The predicted octanol–water partition coefficient (Wildman–Crippen LogP) is 3.82. The van der Waals surface area contributed by atoms with Crippen molar-refractivity contribution < 1.29 is 4.79 Å². The van der Waals surface area contributed by atoms with Gasteiger partial charge in [-0.05, 0) is 50.2 Å². The number of rotatable bonds is 5. The third-order valence-corrected chi connectivity index (χ3v) is 6.64. The summed E-state index contributed by atoms with van der Waals surface area (Å²) in [5.41, 5.74) is 8.55. The molecule has 1 unspecified atom stereocenters. The number of carbonyl (C=O) groups is 1. The Kier molecular flexibility index (Phi) is 5.06. The number of aromatic nitrogens is 2. The van der Waals surface area contributed by atoms with E-state index in [0.29, 0.717) is 24.7 Å². The second kappa shape index (κ2) is 7.51. The van der Waals surface area contributed by atoms with Gasteiger partial charge in [0.05, 0.1) is 5.39 Å². The second-order valence-electron chi connectivity index (χ2n) is 7.86. The van der Waals surface area contributed by atoms with Crippen molar-refractivity contribution in [2.45, 2.75) is 52.5 Å². The summed E-state index contributed by atoms with van der Waals surface area (Å²) in [6, 6.07) is 8.05. The van der Waals surface area contributed by atoms with Crippen molar-refractivity contribution in [3.8, 4) is 11.4 Å². The molecule has 5 nitrogen and oxygen atoms in total. The Bertz CT molecular complexity index is 1110. The summed E-state index contributed by atoms with van der Waals surface area (Å²) in [7, 11) is 0. The third kappa shape index (κ3) is 3.49. The lowest BCUT2D eigenvalue weighted by Gasteiger charge is -2.18. The summed E-state index contributed by atoms with van der Waals surface area (Å²) in [5.74, 6) is 0.980. The molecule has 3 aromatic rings. The first-order chi connectivity index (χ1) is 13.4. The Balaban J connectivity index is 1.90. The maximum atomic E-state index is 13.5. The van der Waals surface area contributed by atoms with Crippen LogP contribution in [-0.2, 0) is 24.2 Å². The standard InChI is InChI=1S/C22H25N3O2S/c1-13-5-3-6-15(11-13)20-24-21-19(16-9-8-14(2)12-17(16)28-21)22(27)25(20)10-4-7-18(23)26/h3,5-6,11,14H,4,7-10,12H2,1-2H3,(H2,23,26). The Morgan fingerprint density at radius 3 is 2.96 bits per heavy atom. The normalized spacial score (nSPS) is 16.3. The van der Waals surface area contributed by atoms with Crippen molar-refractivity contribution in [1.82, 2.24) is 9.55 Å². The van der Waals surface area contributed by atoms with Gasteiger partial charge in [0.25, 0.3) is 5.56 Å². The highest BCUT2D eigenvalue weighted by molar-refractivity contribution is 7.18. The number of amides is 1. The average molecular weight is 396 g/mol. The van der Waals surface area contributed by atoms with Crippen molar-refractivity contribution in [1.29, 1.82) is 0 Å². The fourth-order valence-corrected chi connectivity index (χ4v) is 5.42. The minimum Gasteiger partial charge on any atom is -0.370 e. The molecule has 0 saturated heterocycles. The molecule has 2 heterocycles. The lowest BCUT2D eigenvalue weighted by molar-refractivity contribution is -0.118. The van der Waals surface area contributed by atoms with Crippen molar-refractivity contribution in [2.75, 3.05) is 0 Å². The summed E-state index contributed by atoms with van der Waals surface area (Å²) in [6.45, 7) is 4.73. The zero-order chi connectivity index (χ0) is 19.8. The van der Waals surface area contributed by atoms with Crippen LogP contribution in [0.4, 0.5) is 0 Å². The molecule has 0 aliphatic heterocycles. The quantitative estimate of drug-likeness (QED) is 0.713. The Hall–Kier alpha value is -2.47. The molecule has 0 saturated carbocycles. The molecule has 0 bridgehead atoms. The molecule has 4 rings (SSSR count). The maximum Gasteiger partial charge on any atom is 0.262 e. The highest BCUT2D eigenvalue weighted by atomic mass is 32.1. The molecule has 0 spiro atoms. The van der Waals surface area contributed by atoms with Crippen LogP contribution in [0.2, 0.25) is 0 Å². The van der Waals surface area contributed by atoms with Crippen molar-refractivity contribution >= 4 is 27.5 Å². The minimum atomic E-state index is -0.346. The lowest BCUT2D eigenvalue weighted by atomic mass is 9.89. The fourth-order valence-electron chi connectivity index (χ4n) is 4.05. The predicted molar refractivity (Wildman–Crippen MR) is 114 cm³/mol. The number of nitrogens with two attached hydrogens (primary N) is 1. The first kappa shape index (κ1) is 18.9. The van der Waals surface area contributed by atoms with Gasteiger partial charge in [-0.25, -0.2) is 4.98 Å². The third-order valence-electron chi connectivity index (χ3n) is 5.50. The molecule has 6 heteroatoms. The fraction of sp³-hybridized carbons (Fsp3) is 0.409. The summed E-state index contributed by atoms with van der Waals surface area (Å²) >= 11 is 1.67. The van der Waals surface area contributed by atoms with E-state index in [2.05, 4.69) is 6.92 Å². The van der Waals surface area contributed by atoms with Gasteiger partial charge in [0.1, 0.15) is 10.7 Å². The molecule has 146 valence electrons. The Morgan fingerprint density at radius 1 is 1.39 bits per heavy atom. The van der Waals surface area contributed by atoms with Crippen LogP contribution in [0.3, 0.4) is 0 Å². The van der Waals surface area contributed by atoms with Gasteiger partial charge in [0.2, 0.25) is 5.91 Å². The van der Waals surface area contributed by atoms with Gasteiger partial charge in [-0.3, -0.25) is 14.2 Å². The van der Waals surface area contributed by atoms with E-state index >= 15 is 0 Å². The number of nitrogens with zero attached hydrogens (tertiary/aromatic N) is 2. The SMILES string of the molecule is Cc1cccc(-c2nc3sc4c(c3c(=O)n2CCCC(N)=O)CCC(C)C4)c1. The number of carbonyl (C=O) groups excluding carboxylic acids is 1. The van der Waals surface area contributed by atoms with E-state index in [4.69, 9.17) is 10.7 Å². The van der Waals surface area contributed by atoms with E-state index in [1.54, 1.807) is 15.9 Å². The number of benzene rings is 1. The molecule has 1 aliphatic rings. The molecule has 1 aliphatic carbocycles. The largest absolute Gasteiger partial charge is 0.370 e. The number of aryl methyl sites for hydroxylation is 2. The molecule has 1 aromatic carbocycles. The van der Waals surface area contributed by atoms with Crippen molar-refractivity contribution in [3.63, 3.8) is 0 Å². The van der Waals surface area contributed by atoms with Gasteiger partial charge < -0.3 is 5.73 Å². The number of primary amides is 1. The van der Waals surface area contributed by atoms with Crippen LogP contribution >= 0.6 is 11.3 Å². The molecule has 1 atom stereocenters. The summed E-state index contributed by atoms with van der Waals surface area (Å²) in [5, 5.41) is 0.780. The van der Waals surface area contributed by atoms with Gasteiger partial charge in [0, 0.05) is 23.4 Å². The number of fused-ring (bicyclic) bond motifs is 3. The number of hydrogen-bond acceptors (Lipinski definition) is 4. The Morgan fingerprint density at radius 2 is 2.21 bits per heavy atom. The highest BCUT2D eigenvalue weighted by Crippen LogP contribution is 2.36. The van der Waals surface area contributed by atoms with Gasteiger partial charge in [0.15, 0.2) is 0 Å². The van der Waals surface area contributed by atoms with E-state index < -0.39 is 0 Å². The molecular weight excluding hydrogens is 370 g/mol. The van der Waals surface area contributed by atoms with Crippen LogP contribution in [0.5, 0.6) is 0 Å². The highest BCUT2D eigenvalue weighted by Gasteiger charge is 2.25. The summed E-state index contributed by atoms with van der Waals surface area (Å²) in [4.78, 5) is 31.8. The zero-order valence-electron chi connectivity index (χ0n) is 16.3. The molecule has 2 aromatic heterocycles. The molecule has 2 N–H and O–H groups in total. The van der Waals surface area contributed by atoms with E-state index in [-0.39, 0.29) is 17.9 Å². The number of thiophene rings is 1. The molecule has 0 radical (unpaired) electrons. The van der Waals surface area contributed by atoms with Gasteiger partial charge in [-0.1, -0.05) is 30.7 Å². The summed E-state index contributed by atoms with van der Waals surface area (Å²) < 4.78 is 1.74. The van der Waals surface area contributed by atoms with Gasteiger partial charge >= 0.3 is 0 Å². The molecule has 0 fully saturated rings. The molecular formula is C22H25N3O2S. The van der Waals surface area contributed by atoms with E-state index in [9.17, 15) is 9.59 Å². The van der Waals surface area contributed by atoms with E-state index in [1.165, 1.54) is 10.4 Å². The maximum absolute atomic E-state index is 13.5. The zero-order valence-corrected chi connectivity index (χ0v) is 17.1. The van der Waals surface area contributed by atoms with Crippen LogP contribution in [0.25, 0.3) is 21.6 Å². The second-order valence-corrected chi connectivity index (χ2v) is 8.95. The minimum absolute atomic E-state index is 0.0121. The first-order valence-electron chi connectivity index (χ1n) is 9.84. The molecule has 1 amide bonds. The first-order valence-corrected chi connectivity index (χ1v) is 10.7. The smallest absolute Gasteiger partial charge is 0.262 e. The monoisotopic (exact) mass is 395 g/mol. The topological polar surface area (TPSA) is 78.0 Å². The van der Waals surface area contributed by atoms with E-state index in [1.807, 2.05) is 31.2 Å². The van der Waals surface area contributed by atoms with Crippen LogP contribution in [0, 0.1) is 12.8 Å². The van der Waals surface area contributed by atoms with E-state index in [0.717, 1.165) is 40.6 Å². The van der Waals surface area contributed by atoms with Crippen LogP contribution in [0.15, 0.2) is 29.1 Å². The Labute approximate surface area is 168 Å². The van der Waals surface area contributed by atoms with Gasteiger partial charge in [-0.15, -0.1) is 11.3 Å². The van der Waals surface area contributed by atoms with Crippen LogP contribution in [-0.4, -0.2) is 15.5 Å².